The van der Waals surface area contributed by atoms with Crippen LogP contribution in [-0.4, -0.2) is 58.1 Å². The molecule has 3 rings (SSSR count). The van der Waals surface area contributed by atoms with E-state index in [1.165, 1.54) is 0 Å². The van der Waals surface area contributed by atoms with Gasteiger partial charge in [-0.1, -0.05) is 19.8 Å². The zero-order chi connectivity index (χ0) is 20.5. The number of aromatic nitrogens is 3. The molecule has 0 aliphatic carbocycles. The van der Waals surface area contributed by atoms with Gasteiger partial charge in [0.25, 0.3) is 0 Å². The van der Waals surface area contributed by atoms with Gasteiger partial charge in [-0.3, -0.25) is 9.78 Å². The van der Waals surface area contributed by atoms with Crippen LogP contribution in [-0.2, 0) is 9.53 Å². The zero-order valence-electron chi connectivity index (χ0n) is 17.4. The van der Waals surface area contributed by atoms with Crippen LogP contribution in [0.5, 0.6) is 0 Å². The molecule has 1 N–H and O–H groups in total. The van der Waals surface area contributed by atoms with Crippen molar-refractivity contribution in [2.45, 2.75) is 52.0 Å². The van der Waals surface area contributed by atoms with E-state index in [1.54, 1.807) is 12.4 Å². The van der Waals surface area contributed by atoms with Gasteiger partial charge in [-0.05, 0) is 38.3 Å². The summed E-state index contributed by atoms with van der Waals surface area (Å²) in [5, 5.41) is 3.55. The highest BCUT2D eigenvalue weighted by molar-refractivity contribution is 5.77. The van der Waals surface area contributed by atoms with Crippen LogP contribution < -0.4 is 5.32 Å². The van der Waals surface area contributed by atoms with E-state index >= 15 is 0 Å². The lowest BCUT2D eigenvalue weighted by molar-refractivity contribution is -0.136. The van der Waals surface area contributed by atoms with Crippen LogP contribution in [0.1, 0.15) is 44.7 Å². The lowest BCUT2D eigenvalue weighted by Crippen LogP contribution is -2.43. The van der Waals surface area contributed by atoms with Gasteiger partial charge < -0.3 is 15.0 Å². The number of nitrogens with one attached hydrogen (secondary N) is 1. The van der Waals surface area contributed by atoms with Crippen LogP contribution in [0, 0.1) is 6.92 Å². The Morgan fingerprint density at radius 3 is 2.86 bits per heavy atom. The molecule has 1 amide bonds. The van der Waals surface area contributed by atoms with Crippen molar-refractivity contribution in [3.63, 3.8) is 0 Å². The average molecular weight is 398 g/mol. The van der Waals surface area contributed by atoms with E-state index in [0.29, 0.717) is 19.0 Å². The third-order valence-electron chi connectivity index (χ3n) is 4.99. The number of ether oxygens (including phenoxy) is 1. The van der Waals surface area contributed by atoms with Crippen LogP contribution in [0.2, 0.25) is 0 Å². The quantitative estimate of drug-likeness (QED) is 0.721. The van der Waals surface area contributed by atoms with Gasteiger partial charge in [0.05, 0.1) is 0 Å². The molecule has 156 valence electrons. The summed E-state index contributed by atoms with van der Waals surface area (Å²) in [6.45, 7) is 6.26. The number of pyridine rings is 1. The van der Waals surface area contributed by atoms with Crippen LogP contribution >= 0.6 is 0 Å². The molecule has 7 nitrogen and oxygen atoms in total. The van der Waals surface area contributed by atoms with Crippen LogP contribution in [0.3, 0.4) is 0 Å². The molecule has 0 radical (unpaired) electrons. The van der Waals surface area contributed by atoms with Gasteiger partial charge in [-0.15, -0.1) is 0 Å². The number of likely N-dealkylation sites (tertiary alicyclic amines) is 1. The molecule has 1 fully saturated rings. The Balaban J connectivity index is 1.70. The Morgan fingerprint density at radius 1 is 1.24 bits per heavy atom. The van der Waals surface area contributed by atoms with E-state index < -0.39 is 0 Å². The van der Waals surface area contributed by atoms with Crippen molar-refractivity contribution in [1.29, 1.82) is 0 Å². The van der Waals surface area contributed by atoms with Gasteiger partial charge in [0, 0.05) is 55.5 Å². The van der Waals surface area contributed by atoms with Gasteiger partial charge >= 0.3 is 0 Å². The molecular formula is C22H31N5O2. The largest absolute Gasteiger partial charge is 0.372 e. The first-order chi connectivity index (χ1) is 14.2. The summed E-state index contributed by atoms with van der Waals surface area (Å²) in [5.41, 5.74) is 1.84. The molecule has 2 aromatic heterocycles. The third-order valence-corrected chi connectivity index (χ3v) is 4.99. The summed E-state index contributed by atoms with van der Waals surface area (Å²) < 4.78 is 5.47. The first kappa shape index (κ1) is 21.2. The molecule has 0 unspecified atom stereocenters. The number of nitrogens with zero attached hydrogens (tertiary/aromatic N) is 4. The summed E-state index contributed by atoms with van der Waals surface area (Å²) in [7, 11) is 0. The number of hydrogen-bond donors (Lipinski definition) is 1. The molecule has 2 aromatic rings. The van der Waals surface area contributed by atoms with Gasteiger partial charge in [-0.25, -0.2) is 9.97 Å². The van der Waals surface area contributed by atoms with Crippen molar-refractivity contribution in [1.82, 2.24) is 19.9 Å². The standard InChI is InChI=1S/C22H31N5O2/c1-3-13-29-16-21(28)27-12-6-4-5-7-19(15-27)25-20-14-17(2)24-22(26-20)18-8-10-23-11-9-18/h8-11,14,19H,3-7,12-13,15-16H2,1-2H3,(H,24,25,26)/t19-/m0/s1. The van der Waals surface area contributed by atoms with Crippen molar-refractivity contribution < 1.29 is 9.53 Å². The van der Waals surface area contributed by atoms with E-state index in [0.717, 1.165) is 55.7 Å². The summed E-state index contributed by atoms with van der Waals surface area (Å²) >= 11 is 0. The van der Waals surface area contributed by atoms with Crippen LogP contribution in [0.25, 0.3) is 11.4 Å². The van der Waals surface area contributed by atoms with E-state index in [9.17, 15) is 4.79 Å². The highest BCUT2D eigenvalue weighted by Crippen LogP contribution is 2.20. The van der Waals surface area contributed by atoms with Crippen molar-refractivity contribution in [2.24, 2.45) is 0 Å². The summed E-state index contributed by atoms with van der Waals surface area (Å²) in [6, 6.07) is 5.93. The van der Waals surface area contributed by atoms with E-state index in [1.807, 2.05) is 36.9 Å². The minimum Gasteiger partial charge on any atom is -0.372 e. The molecular weight excluding hydrogens is 366 g/mol. The van der Waals surface area contributed by atoms with Gasteiger partial charge in [0.15, 0.2) is 5.82 Å². The molecule has 1 saturated heterocycles. The monoisotopic (exact) mass is 397 g/mol. The van der Waals surface area contributed by atoms with Crippen molar-refractivity contribution in [3.8, 4) is 11.4 Å². The fourth-order valence-corrected chi connectivity index (χ4v) is 3.54. The number of carbonyl (C=O) groups excluding carboxylic acids is 1. The summed E-state index contributed by atoms with van der Waals surface area (Å²) in [4.78, 5) is 27.8. The summed E-state index contributed by atoms with van der Waals surface area (Å²) in [6.07, 6.45) is 8.73. The molecule has 1 atom stereocenters. The molecule has 1 aliphatic heterocycles. The first-order valence-electron chi connectivity index (χ1n) is 10.5. The maximum absolute atomic E-state index is 12.6. The molecule has 0 saturated carbocycles. The summed E-state index contributed by atoms with van der Waals surface area (Å²) in [5.74, 6) is 1.55. The Morgan fingerprint density at radius 2 is 2.07 bits per heavy atom. The fourth-order valence-electron chi connectivity index (χ4n) is 3.54. The molecule has 1 aliphatic rings. The molecule has 0 bridgehead atoms. The highest BCUT2D eigenvalue weighted by atomic mass is 16.5. The molecule has 29 heavy (non-hydrogen) atoms. The number of amides is 1. The fraction of sp³-hybridized carbons (Fsp3) is 0.545. The minimum absolute atomic E-state index is 0.0727. The Bertz CT molecular complexity index is 784. The van der Waals surface area contributed by atoms with E-state index in [4.69, 9.17) is 9.72 Å². The number of aryl methyl sites for hydroxylation is 1. The van der Waals surface area contributed by atoms with Crippen molar-refractivity contribution >= 4 is 11.7 Å². The average Bonchev–Trinajstić information content (AvgIpc) is 2.70. The topological polar surface area (TPSA) is 80.2 Å². The van der Waals surface area contributed by atoms with Crippen LogP contribution in [0.15, 0.2) is 30.6 Å². The zero-order valence-corrected chi connectivity index (χ0v) is 17.4. The predicted octanol–water partition coefficient (Wildman–Crippen LogP) is 3.46. The Hall–Kier alpha value is -2.54. The molecule has 0 aromatic carbocycles. The maximum Gasteiger partial charge on any atom is 0.248 e. The number of rotatable bonds is 7. The Labute approximate surface area is 172 Å². The number of carbonyl (C=O) groups is 1. The highest BCUT2D eigenvalue weighted by Gasteiger charge is 2.21. The normalized spacial score (nSPS) is 17.4. The van der Waals surface area contributed by atoms with Crippen molar-refractivity contribution in [3.05, 3.63) is 36.3 Å². The first-order valence-corrected chi connectivity index (χ1v) is 10.5. The second kappa shape index (κ2) is 10.9. The molecule has 7 heteroatoms. The number of hydrogen-bond acceptors (Lipinski definition) is 6. The van der Waals surface area contributed by atoms with Crippen molar-refractivity contribution in [2.75, 3.05) is 31.6 Å². The smallest absolute Gasteiger partial charge is 0.248 e. The number of anilines is 1. The van der Waals surface area contributed by atoms with Gasteiger partial charge in [-0.2, -0.15) is 0 Å². The molecule has 3 heterocycles. The third kappa shape index (κ3) is 6.49. The molecule has 0 spiro atoms. The second-order valence-electron chi connectivity index (χ2n) is 7.54. The van der Waals surface area contributed by atoms with Crippen LogP contribution in [0.4, 0.5) is 5.82 Å². The SMILES string of the molecule is CCCOCC(=O)N1CCCCC[C@H](Nc2cc(C)nc(-c3ccncc3)n2)C1. The van der Waals surface area contributed by atoms with E-state index in [-0.39, 0.29) is 18.6 Å². The van der Waals surface area contributed by atoms with Gasteiger partial charge in [0.1, 0.15) is 12.4 Å². The minimum atomic E-state index is 0.0727. The van der Waals surface area contributed by atoms with Gasteiger partial charge in [0.2, 0.25) is 5.91 Å². The maximum atomic E-state index is 12.6. The lowest BCUT2D eigenvalue weighted by Gasteiger charge is -2.31. The van der Waals surface area contributed by atoms with E-state index in [2.05, 4.69) is 15.3 Å². The lowest BCUT2D eigenvalue weighted by atomic mass is 10.0. The Kier molecular flexibility index (Phi) is 7.93. The second-order valence-corrected chi connectivity index (χ2v) is 7.54. The predicted molar refractivity (Wildman–Crippen MR) is 114 cm³/mol.